The topological polar surface area (TPSA) is 66.5 Å². The quantitative estimate of drug-likeness (QED) is 0.597. The minimum absolute atomic E-state index is 0.176. The molecule has 3 aromatic rings. The number of rotatable bonds is 7. The monoisotopic (exact) mass is 424 g/mol. The third-order valence-electron chi connectivity index (χ3n) is 5.09. The Balaban J connectivity index is 1.38. The number of anilines is 1. The fraction of sp³-hybridized carbons (Fsp3) is 0.217. The first kappa shape index (κ1) is 20.7. The summed E-state index contributed by atoms with van der Waals surface area (Å²) in [6, 6.07) is 13.1. The maximum absolute atomic E-state index is 13.5. The van der Waals surface area contributed by atoms with Crippen molar-refractivity contribution >= 4 is 11.7 Å². The van der Waals surface area contributed by atoms with E-state index in [9.17, 15) is 13.6 Å². The standard InChI is InChI=1S/C23H22F2N4O2/c1-31-19-5-2-15(3-6-19)10-26-11-18-9-17-14-29(23(30)28-22(17)12-27-18)13-16-4-7-20(24)21(25)8-16/h2-9,12,26H,10-11,13-14H2,1H3,(H,28,30). The van der Waals surface area contributed by atoms with Gasteiger partial charge in [-0.2, -0.15) is 0 Å². The average molecular weight is 424 g/mol. The highest BCUT2D eigenvalue weighted by atomic mass is 19.2. The van der Waals surface area contributed by atoms with Crippen molar-refractivity contribution in [2.45, 2.75) is 26.2 Å². The lowest BCUT2D eigenvalue weighted by molar-refractivity contribution is 0.203. The van der Waals surface area contributed by atoms with Crippen LogP contribution in [-0.2, 0) is 26.2 Å². The average Bonchev–Trinajstić information content (AvgIpc) is 2.77. The van der Waals surface area contributed by atoms with Gasteiger partial charge < -0.3 is 20.3 Å². The number of ether oxygens (including phenoxy) is 1. The molecule has 2 N–H and O–H groups in total. The van der Waals surface area contributed by atoms with Gasteiger partial charge in [0.05, 0.1) is 24.7 Å². The number of urea groups is 1. The molecule has 31 heavy (non-hydrogen) atoms. The van der Waals surface area contributed by atoms with Gasteiger partial charge in [0.15, 0.2) is 11.6 Å². The van der Waals surface area contributed by atoms with Gasteiger partial charge in [0.2, 0.25) is 0 Å². The molecule has 8 heteroatoms. The van der Waals surface area contributed by atoms with Crippen LogP contribution in [0.2, 0.25) is 0 Å². The number of methoxy groups -OCH3 is 1. The van der Waals surface area contributed by atoms with Crippen molar-refractivity contribution in [2.75, 3.05) is 12.4 Å². The van der Waals surface area contributed by atoms with Crippen LogP contribution in [-0.4, -0.2) is 23.0 Å². The number of pyridine rings is 1. The van der Waals surface area contributed by atoms with Crippen LogP contribution in [0.15, 0.2) is 54.7 Å². The number of nitrogens with one attached hydrogen (secondary N) is 2. The first-order valence-corrected chi connectivity index (χ1v) is 9.83. The summed E-state index contributed by atoms with van der Waals surface area (Å²) in [4.78, 5) is 18.3. The molecule has 1 aliphatic rings. The molecule has 0 aliphatic carbocycles. The van der Waals surface area contributed by atoms with E-state index in [2.05, 4.69) is 15.6 Å². The van der Waals surface area contributed by atoms with Crippen LogP contribution in [0.5, 0.6) is 5.75 Å². The van der Waals surface area contributed by atoms with Crippen LogP contribution < -0.4 is 15.4 Å². The first-order chi connectivity index (χ1) is 15.0. The molecule has 0 fully saturated rings. The Bertz CT molecular complexity index is 1090. The van der Waals surface area contributed by atoms with E-state index in [0.717, 1.165) is 34.7 Å². The van der Waals surface area contributed by atoms with Crippen LogP contribution in [0.4, 0.5) is 19.3 Å². The maximum Gasteiger partial charge on any atom is 0.322 e. The lowest BCUT2D eigenvalue weighted by atomic mass is 10.1. The van der Waals surface area contributed by atoms with Gasteiger partial charge in [-0.1, -0.05) is 18.2 Å². The highest BCUT2D eigenvalue weighted by Gasteiger charge is 2.23. The van der Waals surface area contributed by atoms with Crippen LogP contribution in [0.1, 0.15) is 22.4 Å². The molecule has 1 aliphatic heterocycles. The molecule has 0 unspecified atom stereocenters. The predicted octanol–water partition coefficient (Wildman–Crippen LogP) is 4.21. The second-order valence-corrected chi connectivity index (χ2v) is 7.32. The molecular formula is C23H22F2N4O2. The lowest BCUT2D eigenvalue weighted by Gasteiger charge is -2.29. The predicted molar refractivity (Wildman–Crippen MR) is 112 cm³/mol. The van der Waals surface area contributed by atoms with Crippen LogP contribution in [0, 0.1) is 11.6 Å². The fourth-order valence-electron chi connectivity index (χ4n) is 3.42. The molecule has 160 valence electrons. The third kappa shape index (κ3) is 4.97. The van der Waals surface area contributed by atoms with Gasteiger partial charge in [0.25, 0.3) is 0 Å². The van der Waals surface area contributed by atoms with E-state index in [4.69, 9.17) is 4.74 Å². The minimum Gasteiger partial charge on any atom is -0.497 e. The zero-order valence-electron chi connectivity index (χ0n) is 17.0. The number of fused-ring (bicyclic) bond motifs is 1. The van der Waals surface area contributed by atoms with Gasteiger partial charge >= 0.3 is 6.03 Å². The van der Waals surface area contributed by atoms with E-state index in [1.165, 1.54) is 6.07 Å². The zero-order valence-corrected chi connectivity index (χ0v) is 17.0. The summed E-state index contributed by atoms with van der Waals surface area (Å²) in [5.74, 6) is -1.02. The Morgan fingerprint density at radius 1 is 1.06 bits per heavy atom. The number of nitrogens with zero attached hydrogens (tertiary/aromatic N) is 2. The summed E-state index contributed by atoms with van der Waals surface area (Å²) >= 11 is 0. The van der Waals surface area contributed by atoms with E-state index in [1.54, 1.807) is 18.2 Å². The molecule has 0 saturated carbocycles. The van der Waals surface area contributed by atoms with Crippen molar-refractivity contribution in [3.05, 3.63) is 88.7 Å². The fourth-order valence-corrected chi connectivity index (χ4v) is 3.42. The van der Waals surface area contributed by atoms with E-state index < -0.39 is 11.6 Å². The number of halogens is 2. The molecule has 2 heterocycles. The molecule has 0 atom stereocenters. The van der Waals surface area contributed by atoms with Crippen LogP contribution >= 0.6 is 0 Å². The largest absolute Gasteiger partial charge is 0.497 e. The van der Waals surface area contributed by atoms with Gasteiger partial charge in [0.1, 0.15) is 5.75 Å². The maximum atomic E-state index is 13.5. The van der Waals surface area contributed by atoms with Gasteiger partial charge in [-0.15, -0.1) is 0 Å². The molecule has 0 radical (unpaired) electrons. The Kier molecular flexibility index (Phi) is 6.08. The molecule has 2 aromatic carbocycles. The van der Waals surface area contributed by atoms with Crippen molar-refractivity contribution < 1.29 is 18.3 Å². The number of amides is 2. The van der Waals surface area contributed by atoms with E-state index in [-0.39, 0.29) is 12.6 Å². The Morgan fingerprint density at radius 2 is 1.84 bits per heavy atom. The summed E-state index contributed by atoms with van der Waals surface area (Å²) in [5, 5.41) is 6.15. The van der Waals surface area contributed by atoms with Gasteiger partial charge in [-0.3, -0.25) is 4.98 Å². The van der Waals surface area contributed by atoms with Crippen molar-refractivity contribution in [1.82, 2.24) is 15.2 Å². The highest BCUT2D eigenvalue weighted by molar-refractivity contribution is 5.92. The summed E-state index contributed by atoms with van der Waals surface area (Å²) in [5.41, 5.74) is 4.07. The number of aromatic nitrogens is 1. The number of hydrogen-bond donors (Lipinski definition) is 2. The minimum atomic E-state index is -0.926. The number of carbonyl (C=O) groups excluding carboxylic acids is 1. The van der Waals surface area contributed by atoms with Crippen molar-refractivity contribution in [3.63, 3.8) is 0 Å². The number of carbonyl (C=O) groups is 1. The summed E-state index contributed by atoms with van der Waals surface area (Å²) < 4.78 is 31.8. The van der Waals surface area contributed by atoms with Gasteiger partial charge in [-0.05, 0) is 47.0 Å². The van der Waals surface area contributed by atoms with E-state index in [0.29, 0.717) is 30.9 Å². The van der Waals surface area contributed by atoms with Crippen molar-refractivity contribution in [3.8, 4) is 5.75 Å². The number of benzene rings is 2. The summed E-state index contributed by atoms with van der Waals surface area (Å²) in [6.45, 7) is 1.78. The molecule has 2 amide bonds. The van der Waals surface area contributed by atoms with E-state index >= 15 is 0 Å². The van der Waals surface area contributed by atoms with Crippen molar-refractivity contribution in [1.29, 1.82) is 0 Å². The molecule has 1 aromatic heterocycles. The van der Waals surface area contributed by atoms with E-state index in [1.807, 2.05) is 30.3 Å². The summed E-state index contributed by atoms with van der Waals surface area (Å²) in [7, 11) is 1.64. The molecule has 6 nitrogen and oxygen atoms in total. The van der Waals surface area contributed by atoms with Gasteiger partial charge in [-0.25, -0.2) is 13.6 Å². The SMILES string of the molecule is COc1ccc(CNCc2cc3c(cn2)NC(=O)N(Cc2ccc(F)c(F)c2)C3)cc1. The summed E-state index contributed by atoms with van der Waals surface area (Å²) in [6.07, 6.45) is 1.65. The van der Waals surface area contributed by atoms with Crippen LogP contribution in [0.25, 0.3) is 0 Å². The Hall–Kier alpha value is -3.52. The normalized spacial score (nSPS) is 13.0. The smallest absolute Gasteiger partial charge is 0.322 e. The highest BCUT2D eigenvalue weighted by Crippen LogP contribution is 2.25. The third-order valence-corrected chi connectivity index (χ3v) is 5.09. The molecule has 0 spiro atoms. The van der Waals surface area contributed by atoms with Crippen molar-refractivity contribution in [2.24, 2.45) is 0 Å². The Morgan fingerprint density at radius 3 is 2.58 bits per heavy atom. The van der Waals surface area contributed by atoms with Crippen LogP contribution in [0.3, 0.4) is 0 Å². The zero-order chi connectivity index (χ0) is 21.8. The first-order valence-electron chi connectivity index (χ1n) is 9.83. The number of hydrogen-bond acceptors (Lipinski definition) is 4. The molecule has 4 rings (SSSR count). The lowest BCUT2D eigenvalue weighted by Crippen LogP contribution is -2.38. The molecular weight excluding hydrogens is 402 g/mol. The van der Waals surface area contributed by atoms with Gasteiger partial charge in [0, 0.05) is 26.2 Å². The second-order valence-electron chi connectivity index (χ2n) is 7.32. The second kappa shape index (κ2) is 9.09. The molecule has 0 saturated heterocycles. The molecule has 0 bridgehead atoms. The Labute approximate surface area is 178 Å².